The second-order valence-electron chi connectivity index (χ2n) is 6.64. The fourth-order valence-corrected chi connectivity index (χ4v) is 3.27. The molecule has 1 saturated heterocycles. The number of rotatable bonds is 6. The van der Waals surface area contributed by atoms with Gasteiger partial charge in [-0.05, 0) is 42.0 Å². The zero-order valence-corrected chi connectivity index (χ0v) is 16.4. The number of nitrogens with zero attached hydrogens (tertiary/aromatic N) is 2. The lowest BCUT2D eigenvalue weighted by Gasteiger charge is -2.38. The Balaban J connectivity index is 1.35. The monoisotopic (exact) mass is 416 g/mol. The van der Waals surface area contributed by atoms with Crippen LogP contribution in [0.2, 0.25) is 5.02 Å². The Bertz CT molecular complexity index is 1020. The first-order chi connectivity index (χ1) is 14.0. The normalized spacial score (nSPS) is 14.0. The Labute approximate surface area is 171 Å². The Morgan fingerprint density at radius 2 is 2.03 bits per heavy atom. The molecule has 1 aliphatic heterocycles. The second-order valence-corrected chi connectivity index (χ2v) is 7.04. The van der Waals surface area contributed by atoms with E-state index in [1.807, 2.05) is 12.1 Å². The van der Waals surface area contributed by atoms with Crippen molar-refractivity contribution in [3.63, 3.8) is 0 Å². The van der Waals surface area contributed by atoms with Crippen LogP contribution in [0.25, 0.3) is 11.3 Å². The molecule has 6 nitrogen and oxygen atoms in total. The quantitative estimate of drug-likeness (QED) is 0.603. The lowest BCUT2D eigenvalue weighted by atomic mass is 10.1. The maximum Gasteiger partial charge on any atom is 0.276 e. The van der Waals surface area contributed by atoms with Crippen LogP contribution in [0.15, 0.2) is 53.3 Å². The van der Waals surface area contributed by atoms with Gasteiger partial charge in [0.1, 0.15) is 11.6 Å². The van der Waals surface area contributed by atoms with E-state index in [4.69, 9.17) is 25.5 Å². The third-order valence-electron chi connectivity index (χ3n) is 4.75. The molecule has 4 rings (SSSR count). The summed E-state index contributed by atoms with van der Waals surface area (Å²) in [7, 11) is 1.59. The van der Waals surface area contributed by atoms with Crippen molar-refractivity contribution >= 4 is 17.5 Å². The Kier molecular flexibility index (Phi) is 5.51. The summed E-state index contributed by atoms with van der Waals surface area (Å²) < 4.78 is 29.5. The fraction of sp³-hybridized carbons (Fsp3) is 0.238. The summed E-state index contributed by atoms with van der Waals surface area (Å²) in [6.45, 7) is 1.13. The van der Waals surface area contributed by atoms with Crippen molar-refractivity contribution in [3.8, 4) is 17.1 Å². The van der Waals surface area contributed by atoms with Crippen molar-refractivity contribution < 1.29 is 23.1 Å². The standard InChI is InChI=1S/C21H18ClFN2O4/c1-27-16-6-3-13(4-7-16)20-19(24-12-29-20)21(26)25-9-17(10-25)28-11-14-2-5-15(23)8-18(14)22/h2-8,12,17H,9-11H2,1H3. The predicted molar refractivity (Wildman–Crippen MR) is 104 cm³/mol. The highest BCUT2D eigenvalue weighted by molar-refractivity contribution is 6.31. The summed E-state index contributed by atoms with van der Waals surface area (Å²) in [6, 6.07) is 11.4. The van der Waals surface area contributed by atoms with E-state index in [2.05, 4.69) is 4.98 Å². The van der Waals surface area contributed by atoms with Crippen LogP contribution in [0.5, 0.6) is 5.75 Å². The largest absolute Gasteiger partial charge is 0.497 e. The zero-order chi connectivity index (χ0) is 20.4. The Hall–Kier alpha value is -2.90. The van der Waals surface area contributed by atoms with Crippen molar-refractivity contribution in [1.82, 2.24) is 9.88 Å². The molecule has 0 N–H and O–H groups in total. The zero-order valence-electron chi connectivity index (χ0n) is 15.6. The summed E-state index contributed by atoms with van der Waals surface area (Å²) in [4.78, 5) is 18.5. The van der Waals surface area contributed by atoms with Gasteiger partial charge in [-0.25, -0.2) is 9.37 Å². The maximum atomic E-state index is 13.1. The highest BCUT2D eigenvalue weighted by Gasteiger charge is 2.34. The minimum atomic E-state index is -0.389. The van der Waals surface area contributed by atoms with Crippen LogP contribution in [-0.2, 0) is 11.3 Å². The summed E-state index contributed by atoms with van der Waals surface area (Å²) in [5, 5.41) is 0.323. The average Bonchev–Trinajstić information content (AvgIpc) is 3.18. The molecule has 1 aliphatic rings. The molecule has 0 atom stereocenters. The van der Waals surface area contributed by atoms with E-state index < -0.39 is 0 Å². The summed E-state index contributed by atoms with van der Waals surface area (Å²) in [6.07, 6.45) is 1.15. The molecular weight excluding hydrogens is 399 g/mol. The molecule has 1 fully saturated rings. The molecule has 2 aromatic carbocycles. The van der Waals surface area contributed by atoms with Crippen LogP contribution in [0.1, 0.15) is 16.1 Å². The molecule has 0 unspecified atom stereocenters. The number of hydrogen-bond donors (Lipinski definition) is 0. The minimum Gasteiger partial charge on any atom is -0.497 e. The van der Waals surface area contributed by atoms with E-state index in [0.717, 1.165) is 5.56 Å². The molecule has 0 bridgehead atoms. The van der Waals surface area contributed by atoms with E-state index in [-0.39, 0.29) is 30.1 Å². The van der Waals surface area contributed by atoms with Crippen molar-refractivity contribution in [2.24, 2.45) is 0 Å². The molecule has 1 aromatic heterocycles. The lowest BCUT2D eigenvalue weighted by Crippen LogP contribution is -2.54. The van der Waals surface area contributed by atoms with Gasteiger partial charge < -0.3 is 18.8 Å². The van der Waals surface area contributed by atoms with E-state index in [9.17, 15) is 9.18 Å². The Morgan fingerprint density at radius 3 is 2.72 bits per heavy atom. The van der Waals surface area contributed by atoms with Gasteiger partial charge >= 0.3 is 0 Å². The summed E-state index contributed by atoms with van der Waals surface area (Å²) in [5.41, 5.74) is 1.71. The maximum absolute atomic E-state index is 13.1. The van der Waals surface area contributed by atoms with Crippen LogP contribution >= 0.6 is 11.6 Å². The van der Waals surface area contributed by atoms with Crippen molar-refractivity contribution in [2.75, 3.05) is 20.2 Å². The van der Waals surface area contributed by atoms with E-state index in [0.29, 0.717) is 35.2 Å². The van der Waals surface area contributed by atoms with Gasteiger partial charge in [0, 0.05) is 23.7 Å². The smallest absolute Gasteiger partial charge is 0.276 e. The number of benzene rings is 2. The molecule has 1 amide bonds. The van der Waals surface area contributed by atoms with Gasteiger partial charge in [0.05, 0.1) is 19.8 Å². The van der Waals surface area contributed by atoms with Crippen LogP contribution < -0.4 is 4.74 Å². The molecule has 0 saturated carbocycles. The van der Waals surface area contributed by atoms with E-state index in [1.165, 1.54) is 18.5 Å². The number of methoxy groups -OCH3 is 1. The SMILES string of the molecule is COc1ccc(-c2ocnc2C(=O)N2CC(OCc3ccc(F)cc3Cl)C2)cc1. The number of hydrogen-bond acceptors (Lipinski definition) is 5. The van der Waals surface area contributed by atoms with Crippen LogP contribution in [0.3, 0.4) is 0 Å². The minimum absolute atomic E-state index is 0.114. The van der Waals surface area contributed by atoms with Crippen LogP contribution in [0, 0.1) is 5.82 Å². The average molecular weight is 417 g/mol. The number of aromatic nitrogens is 1. The topological polar surface area (TPSA) is 64.8 Å². The highest BCUT2D eigenvalue weighted by atomic mass is 35.5. The van der Waals surface area contributed by atoms with Crippen molar-refractivity contribution in [3.05, 3.63) is 71.0 Å². The Morgan fingerprint density at radius 1 is 1.28 bits per heavy atom. The predicted octanol–water partition coefficient (Wildman–Crippen LogP) is 4.18. The molecule has 0 aliphatic carbocycles. The molecule has 2 heterocycles. The lowest BCUT2D eigenvalue weighted by molar-refractivity contribution is -0.0504. The molecule has 0 radical (unpaired) electrons. The molecule has 3 aromatic rings. The van der Waals surface area contributed by atoms with Gasteiger partial charge in [-0.1, -0.05) is 17.7 Å². The highest BCUT2D eigenvalue weighted by Crippen LogP contribution is 2.28. The molecule has 150 valence electrons. The summed E-state index contributed by atoms with van der Waals surface area (Å²) >= 11 is 6.00. The number of halogens is 2. The van der Waals surface area contributed by atoms with Crippen molar-refractivity contribution in [2.45, 2.75) is 12.7 Å². The second kappa shape index (κ2) is 8.23. The van der Waals surface area contributed by atoms with Gasteiger partial charge in [-0.2, -0.15) is 0 Å². The van der Waals surface area contributed by atoms with Gasteiger partial charge in [-0.15, -0.1) is 0 Å². The van der Waals surface area contributed by atoms with Gasteiger partial charge in [-0.3, -0.25) is 4.79 Å². The third-order valence-corrected chi connectivity index (χ3v) is 5.10. The van der Waals surface area contributed by atoms with Crippen LogP contribution in [-0.4, -0.2) is 42.1 Å². The first kappa shape index (κ1) is 19.4. The van der Waals surface area contributed by atoms with Gasteiger partial charge in [0.2, 0.25) is 0 Å². The summed E-state index contributed by atoms with van der Waals surface area (Å²) in [5.74, 6) is 0.522. The molecule has 0 spiro atoms. The number of likely N-dealkylation sites (tertiary alicyclic amines) is 1. The van der Waals surface area contributed by atoms with Crippen molar-refractivity contribution in [1.29, 1.82) is 0 Å². The number of ether oxygens (including phenoxy) is 2. The number of amides is 1. The number of carbonyl (C=O) groups is 1. The molecule has 8 heteroatoms. The first-order valence-electron chi connectivity index (χ1n) is 8.98. The van der Waals surface area contributed by atoms with Crippen LogP contribution in [0.4, 0.5) is 4.39 Å². The number of oxazole rings is 1. The number of carbonyl (C=O) groups excluding carboxylic acids is 1. The molecular formula is C21H18ClFN2O4. The third kappa shape index (κ3) is 4.11. The van der Waals surface area contributed by atoms with E-state index in [1.54, 1.807) is 30.2 Å². The molecule has 29 heavy (non-hydrogen) atoms. The fourth-order valence-electron chi connectivity index (χ4n) is 3.05. The van der Waals surface area contributed by atoms with Gasteiger partial charge in [0.25, 0.3) is 5.91 Å². The van der Waals surface area contributed by atoms with E-state index >= 15 is 0 Å². The first-order valence-corrected chi connectivity index (χ1v) is 9.35. The van der Waals surface area contributed by atoms with Gasteiger partial charge in [0.15, 0.2) is 17.8 Å².